The lowest BCUT2D eigenvalue weighted by atomic mass is 10.2. The predicted octanol–water partition coefficient (Wildman–Crippen LogP) is 4.83. The number of ether oxygens (including phenoxy) is 3. The van der Waals surface area contributed by atoms with Gasteiger partial charge in [0.1, 0.15) is 11.4 Å². The molecular formula is C27H36F6N6O3. The number of nitrogens with one attached hydrogen (secondary N) is 2. The van der Waals surface area contributed by atoms with Crippen LogP contribution in [0.25, 0.3) is 0 Å². The molecule has 0 saturated carbocycles. The number of rotatable bonds is 11. The molecule has 2 aromatic carbocycles. The molecule has 2 aromatic rings. The van der Waals surface area contributed by atoms with Crippen molar-refractivity contribution in [1.82, 2.24) is 9.80 Å². The van der Waals surface area contributed by atoms with Gasteiger partial charge in [0.05, 0.1) is 18.0 Å². The molecule has 0 amide bonds. The highest BCUT2D eigenvalue weighted by atomic mass is 19.4. The lowest BCUT2D eigenvalue weighted by molar-refractivity contribution is -0.275. The lowest BCUT2D eigenvalue weighted by Crippen LogP contribution is -2.47. The molecule has 9 nitrogen and oxygen atoms in total. The number of nitrogens with zero attached hydrogens (tertiary/aromatic N) is 4. The maximum Gasteiger partial charge on any atom is 0.573 e. The van der Waals surface area contributed by atoms with Crippen LogP contribution in [0.1, 0.15) is 6.92 Å². The van der Waals surface area contributed by atoms with Crippen molar-refractivity contribution in [1.29, 1.82) is 0 Å². The van der Waals surface area contributed by atoms with Crippen molar-refractivity contribution in [2.45, 2.75) is 19.6 Å². The largest absolute Gasteiger partial charge is 0.573 e. The van der Waals surface area contributed by atoms with Crippen molar-refractivity contribution in [3.8, 4) is 11.5 Å². The zero-order valence-corrected chi connectivity index (χ0v) is 23.5. The highest BCUT2D eigenvalue weighted by Crippen LogP contribution is 2.42. The van der Waals surface area contributed by atoms with Crippen molar-refractivity contribution >= 4 is 22.7 Å². The molecule has 15 heteroatoms. The van der Waals surface area contributed by atoms with Crippen LogP contribution in [-0.4, -0.2) is 102 Å². The van der Waals surface area contributed by atoms with Gasteiger partial charge in [-0.1, -0.05) is 19.1 Å². The molecule has 0 aromatic heterocycles. The van der Waals surface area contributed by atoms with E-state index in [1.165, 1.54) is 12.1 Å². The number of hydrogen-bond acceptors (Lipinski definition) is 9. The van der Waals surface area contributed by atoms with Crippen LogP contribution < -0.4 is 30.1 Å². The molecular weight excluding hydrogens is 570 g/mol. The Labute approximate surface area is 240 Å². The fraction of sp³-hybridized carbons (Fsp3) is 0.556. The predicted molar refractivity (Wildman–Crippen MR) is 148 cm³/mol. The summed E-state index contributed by atoms with van der Waals surface area (Å²) >= 11 is 0. The van der Waals surface area contributed by atoms with Crippen molar-refractivity contribution in [2.75, 3.05) is 99.8 Å². The summed E-state index contributed by atoms with van der Waals surface area (Å²) in [5, 5.41) is 0. The normalized spacial score (nSPS) is 17.3. The Bertz CT molecular complexity index is 1150. The van der Waals surface area contributed by atoms with Crippen molar-refractivity contribution in [2.24, 2.45) is 0 Å². The van der Waals surface area contributed by atoms with Crippen LogP contribution in [0.15, 0.2) is 36.4 Å². The molecule has 0 aliphatic carbocycles. The summed E-state index contributed by atoms with van der Waals surface area (Å²) in [6, 6.07) is 8.48. The number of piperazine rings is 2. The Morgan fingerprint density at radius 2 is 1.10 bits per heavy atom. The van der Waals surface area contributed by atoms with Gasteiger partial charge in [-0.15, -0.1) is 26.3 Å². The topological polar surface area (TPSA) is 64.7 Å². The smallest absolute Gasteiger partial charge is 0.403 e. The van der Waals surface area contributed by atoms with Crippen LogP contribution in [0.2, 0.25) is 0 Å². The van der Waals surface area contributed by atoms with E-state index in [-0.39, 0.29) is 11.4 Å². The quantitative estimate of drug-likeness (QED) is 0.277. The number of methoxy groups -OCH3 is 1. The molecule has 2 N–H and O–H groups in total. The lowest BCUT2D eigenvalue weighted by Gasteiger charge is -2.38. The van der Waals surface area contributed by atoms with Crippen LogP contribution in [0.5, 0.6) is 11.5 Å². The second-order valence-electron chi connectivity index (χ2n) is 9.89. The highest BCUT2D eigenvalue weighted by Gasteiger charge is 2.35. The van der Waals surface area contributed by atoms with E-state index in [4.69, 9.17) is 4.74 Å². The average Bonchev–Trinajstić information content (AvgIpc) is 2.94. The summed E-state index contributed by atoms with van der Waals surface area (Å²) in [7, 11) is 1.61. The molecule has 2 saturated heterocycles. The molecule has 0 radical (unpaired) electrons. The van der Waals surface area contributed by atoms with E-state index in [0.29, 0.717) is 70.3 Å². The van der Waals surface area contributed by atoms with E-state index < -0.39 is 24.2 Å². The molecule has 0 bridgehead atoms. The summed E-state index contributed by atoms with van der Waals surface area (Å²) in [5.74, 6) is -1.05. The number of hydrogen-bond donors (Lipinski definition) is 2. The van der Waals surface area contributed by atoms with Crippen LogP contribution in [0, 0.1) is 0 Å². The van der Waals surface area contributed by atoms with E-state index in [1.54, 1.807) is 19.2 Å². The number of halogens is 6. The number of anilines is 4. The second-order valence-corrected chi connectivity index (χ2v) is 9.89. The zero-order chi connectivity index (χ0) is 30.3. The standard InChI is InChI=1S/C27H36F6N6O3/c1-3-36-10-14-38(15-11-36)20-6-4-8-22(41-26(28,29)30)24(20)34-35-25-21(7-5-9-23(25)42-27(31,32)33)39-16-12-37(13-17-39)18-19-40-2/h4-9,34-35H,3,10-19H2,1-2H3. The molecule has 0 unspecified atom stereocenters. The molecule has 2 fully saturated rings. The summed E-state index contributed by atoms with van der Waals surface area (Å²) in [4.78, 5) is 8.21. The fourth-order valence-corrected chi connectivity index (χ4v) is 5.10. The molecule has 2 aliphatic heterocycles. The average molecular weight is 607 g/mol. The van der Waals surface area contributed by atoms with Gasteiger partial charge in [-0.3, -0.25) is 15.8 Å². The Kier molecular flexibility index (Phi) is 10.4. The van der Waals surface area contributed by atoms with Gasteiger partial charge < -0.3 is 28.9 Å². The third-order valence-electron chi connectivity index (χ3n) is 7.26. The number of alkyl halides is 6. The molecule has 2 aliphatic rings. The summed E-state index contributed by atoms with van der Waals surface area (Å²) in [5.41, 5.74) is 6.21. The first-order valence-electron chi connectivity index (χ1n) is 13.7. The first-order chi connectivity index (χ1) is 20.0. The van der Waals surface area contributed by atoms with Crippen LogP contribution in [-0.2, 0) is 4.74 Å². The van der Waals surface area contributed by atoms with E-state index in [0.717, 1.165) is 25.2 Å². The summed E-state index contributed by atoms with van der Waals surface area (Å²) in [6.07, 6.45) is -9.98. The third kappa shape index (κ3) is 8.61. The van der Waals surface area contributed by atoms with Gasteiger partial charge >= 0.3 is 12.7 Å². The monoisotopic (exact) mass is 606 g/mol. The van der Waals surface area contributed by atoms with Gasteiger partial charge in [-0.25, -0.2) is 0 Å². The maximum atomic E-state index is 13.4. The maximum absolute atomic E-state index is 13.4. The van der Waals surface area contributed by atoms with Crippen molar-refractivity contribution in [3.63, 3.8) is 0 Å². The summed E-state index contributed by atoms with van der Waals surface area (Å²) < 4.78 is 94.0. The second kappa shape index (κ2) is 13.8. The summed E-state index contributed by atoms with van der Waals surface area (Å²) in [6.45, 7) is 8.97. The zero-order valence-electron chi connectivity index (χ0n) is 23.5. The van der Waals surface area contributed by atoms with Crippen LogP contribution >= 0.6 is 0 Å². The number of benzene rings is 2. The number of hydrazine groups is 1. The Hall–Kier alpha value is -3.30. The molecule has 0 atom stereocenters. The first kappa shape index (κ1) is 31.6. The first-order valence-corrected chi connectivity index (χ1v) is 13.7. The molecule has 2 heterocycles. The van der Waals surface area contributed by atoms with Gasteiger partial charge in [-0.05, 0) is 30.8 Å². The van der Waals surface area contributed by atoms with E-state index in [1.807, 2.05) is 16.7 Å². The van der Waals surface area contributed by atoms with Crippen LogP contribution in [0.4, 0.5) is 49.1 Å². The number of para-hydroxylation sites is 2. The Balaban J connectivity index is 1.65. The molecule has 4 rings (SSSR count). The van der Waals surface area contributed by atoms with E-state index >= 15 is 0 Å². The molecule has 234 valence electrons. The molecule has 42 heavy (non-hydrogen) atoms. The Morgan fingerprint density at radius 1 is 0.667 bits per heavy atom. The third-order valence-corrected chi connectivity index (χ3v) is 7.26. The van der Waals surface area contributed by atoms with Gasteiger partial charge in [-0.2, -0.15) is 0 Å². The fourth-order valence-electron chi connectivity index (χ4n) is 5.10. The van der Waals surface area contributed by atoms with E-state index in [2.05, 4.69) is 30.1 Å². The van der Waals surface area contributed by atoms with Gasteiger partial charge in [0.25, 0.3) is 0 Å². The van der Waals surface area contributed by atoms with E-state index in [9.17, 15) is 26.3 Å². The SMILES string of the molecule is CCN1CCN(c2cccc(OC(F)(F)F)c2NNc2c(OC(F)(F)F)cccc2N2CCN(CCOC)CC2)CC1. The van der Waals surface area contributed by atoms with Gasteiger partial charge in [0, 0.05) is 66.0 Å². The van der Waals surface area contributed by atoms with Crippen molar-refractivity contribution in [3.05, 3.63) is 36.4 Å². The number of likely N-dealkylation sites (N-methyl/N-ethyl adjacent to an activating group) is 1. The minimum Gasteiger partial charge on any atom is -0.403 e. The van der Waals surface area contributed by atoms with Crippen molar-refractivity contribution < 1.29 is 40.6 Å². The van der Waals surface area contributed by atoms with Gasteiger partial charge in [0.15, 0.2) is 11.5 Å². The van der Waals surface area contributed by atoms with Gasteiger partial charge in [0.2, 0.25) is 0 Å². The Morgan fingerprint density at radius 3 is 1.48 bits per heavy atom. The van der Waals surface area contributed by atoms with Crippen LogP contribution in [0.3, 0.4) is 0 Å². The molecule has 0 spiro atoms. The minimum atomic E-state index is -4.99. The highest BCUT2D eigenvalue weighted by molar-refractivity contribution is 5.82. The minimum absolute atomic E-state index is 0.0584.